The van der Waals surface area contributed by atoms with Crippen LogP contribution >= 0.6 is 12.2 Å². The number of aromatic amines is 1. The summed E-state index contributed by atoms with van der Waals surface area (Å²) < 4.78 is 17.6. The topological polar surface area (TPSA) is 138 Å². The van der Waals surface area contributed by atoms with E-state index in [1.165, 1.54) is 9.58 Å². The van der Waals surface area contributed by atoms with Crippen molar-refractivity contribution in [1.82, 2.24) is 15.2 Å². The molecule has 0 aliphatic carbocycles. The number of thiocarbonyl (C=S) groups is 1. The van der Waals surface area contributed by atoms with E-state index in [-0.39, 0.29) is 23.8 Å². The van der Waals surface area contributed by atoms with E-state index in [1.807, 2.05) is 31.2 Å². The molecule has 1 atom stereocenters. The number of nitrogens with one attached hydrogen (secondary N) is 2. The van der Waals surface area contributed by atoms with Crippen molar-refractivity contribution < 1.29 is 27.9 Å². The third kappa shape index (κ3) is 5.49. The minimum atomic E-state index is -0.965. The quantitative estimate of drug-likeness (QED) is 0.193. The molecule has 0 radical (unpaired) electrons. The first-order valence-corrected chi connectivity index (χ1v) is 13.9. The Labute approximate surface area is 250 Å². The summed E-state index contributed by atoms with van der Waals surface area (Å²) in [4.78, 5) is 46.7. The standard InChI is InChI=1S/C30H26N6O6S/c1-3-40-21-14-12-20(13-15-21)36-28(38)23(35(30(36)43)17-24-29(39)42-33-34(24)2)16-26(37)31-19-10-8-18(9-11-19)27-32-22-6-4-5-7-25(22)41-27/h4-15,23H,3,16-17H2,1-2H3,(H-,31,32,33,37,39)/p+1. The molecule has 0 saturated carbocycles. The molecule has 218 valence electrons. The van der Waals surface area contributed by atoms with Gasteiger partial charge in [0.05, 0.1) is 18.7 Å². The van der Waals surface area contributed by atoms with Gasteiger partial charge in [0, 0.05) is 11.3 Å². The van der Waals surface area contributed by atoms with Crippen molar-refractivity contribution in [3.63, 3.8) is 0 Å². The zero-order chi connectivity index (χ0) is 30.1. The fourth-order valence-corrected chi connectivity index (χ4v) is 5.27. The zero-order valence-corrected chi connectivity index (χ0v) is 24.1. The molecule has 1 fully saturated rings. The number of H-pyrrole nitrogens is 1. The van der Waals surface area contributed by atoms with Crippen molar-refractivity contribution in [2.45, 2.75) is 25.9 Å². The average molecular weight is 600 g/mol. The third-order valence-corrected chi connectivity index (χ3v) is 7.47. The molecule has 2 N–H and O–H groups in total. The number of nitrogens with zero attached hydrogens (tertiary/aromatic N) is 4. The number of aromatic nitrogens is 3. The number of fused-ring (bicyclic) bond motifs is 1. The van der Waals surface area contributed by atoms with Crippen molar-refractivity contribution in [2.24, 2.45) is 7.05 Å². The van der Waals surface area contributed by atoms with Crippen molar-refractivity contribution in [3.05, 3.63) is 88.9 Å². The van der Waals surface area contributed by atoms with Gasteiger partial charge in [-0.2, -0.15) is 0 Å². The lowest BCUT2D eigenvalue weighted by molar-refractivity contribution is -0.746. The molecule has 1 saturated heterocycles. The number of carbonyl (C=O) groups excluding carboxylic acids is 2. The predicted octanol–water partition coefficient (Wildman–Crippen LogP) is 3.53. The van der Waals surface area contributed by atoms with Crippen LogP contribution in [0.4, 0.5) is 11.4 Å². The highest BCUT2D eigenvalue weighted by Gasteiger charge is 2.45. The SMILES string of the molecule is CCOc1ccc(N2C(=O)C(CC(=O)Nc3ccc(-c4nc5ccccc5o4)cc3)N(Cc3c(=O)o[nH][n+]3C)C2=S)cc1. The summed E-state index contributed by atoms with van der Waals surface area (Å²) >= 11 is 5.71. The number of oxazole rings is 1. The summed E-state index contributed by atoms with van der Waals surface area (Å²) in [7, 11) is 1.61. The number of hydrogen-bond donors (Lipinski definition) is 2. The molecule has 3 heterocycles. The second kappa shape index (κ2) is 11.5. The summed E-state index contributed by atoms with van der Waals surface area (Å²) in [6.45, 7) is 2.34. The Morgan fingerprint density at radius 3 is 2.51 bits per heavy atom. The Bertz CT molecular complexity index is 1840. The van der Waals surface area contributed by atoms with Crippen LogP contribution in [0, 0.1) is 0 Å². The van der Waals surface area contributed by atoms with E-state index in [9.17, 15) is 14.4 Å². The van der Waals surface area contributed by atoms with Crippen molar-refractivity contribution in [3.8, 4) is 17.2 Å². The molecule has 12 nitrogen and oxygen atoms in total. The molecule has 6 rings (SSSR count). The van der Waals surface area contributed by atoms with Crippen LogP contribution in [0.25, 0.3) is 22.6 Å². The Morgan fingerprint density at radius 1 is 1.09 bits per heavy atom. The number of carbonyl (C=O) groups is 2. The smallest absolute Gasteiger partial charge is 0.431 e. The first-order valence-electron chi connectivity index (χ1n) is 13.5. The minimum absolute atomic E-state index is 0.0441. The van der Waals surface area contributed by atoms with Gasteiger partial charge in [0.1, 0.15) is 23.9 Å². The molecule has 43 heavy (non-hydrogen) atoms. The summed E-state index contributed by atoms with van der Waals surface area (Å²) in [6.07, 6.45) is -0.209. The van der Waals surface area contributed by atoms with Crippen LogP contribution in [0.1, 0.15) is 19.0 Å². The molecule has 1 unspecified atom stereocenters. The van der Waals surface area contributed by atoms with Crippen LogP contribution in [-0.2, 0) is 23.2 Å². The number of aryl methyl sites for hydroxylation is 1. The third-order valence-electron chi connectivity index (χ3n) is 7.05. The lowest BCUT2D eigenvalue weighted by atomic mass is 10.1. The summed E-state index contributed by atoms with van der Waals surface area (Å²) in [5.41, 5.74) is 2.88. The number of ether oxygens (including phenoxy) is 1. The van der Waals surface area contributed by atoms with E-state index in [0.717, 1.165) is 11.1 Å². The zero-order valence-electron chi connectivity index (χ0n) is 23.3. The van der Waals surface area contributed by atoms with Gasteiger partial charge in [0.15, 0.2) is 17.7 Å². The molecule has 2 aromatic heterocycles. The van der Waals surface area contributed by atoms with Gasteiger partial charge in [0.2, 0.25) is 11.8 Å². The van der Waals surface area contributed by atoms with Crippen LogP contribution < -0.4 is 25.3 Å². The average Bonchev–Trinajstić information content (AvgIpc) is 3.65. The van der Waals surface area contributed by atoms with Crippen molar-refractivity contribution >= 4 is 51.6 Å². The number of benzene rings is 3. The molecule has 2 amide bonds. The van der Waals surface area contributed by atoms with Gasteiger partial charge >= 0.3 is 11.3 Å². The first-order chi connectivity index (χ1) is 20.8. The van der Waals surface area contributed by atoms with E-state index in [2.05, 4.69) is 15.6 Å². The number of para-hydroxylation sites is 2. The second-order valence-corrected chi connectivity index (χ2v) is 10.2. The predicted molar refractivity (Wildman–Crippen MR) is 160 cm³/mol. The molecule has 5 aromatic rings. The number of anilines is 2. The Morgan fingerprint density at radius 2 is 1.84 bits per heavy atom. The van der Waals surface area contributed by atoms with Crippen LogP contribution in [0.3, 0.4) is 0 Å². The Hall–Kier alpha value is -5.30. The number of hydrogen-bond acceptors (Lipinski definition) is 8. The van der Waals surface area contributed by atoms with Crippen LogP contribution in [0.15, 0.2) is 86.5 Å². The highest BCUT2D eigenvalue weighted by molar-refractivity contribution is 7.80. The first kappa shape index (κ1) is 27.8. The highest BCUT2D eigenvalue weighted by atomic mass is 32.1. The lowest BCUT2D eigenvalue weighted by Crippen LogP contribution is -2.44. The molecule has 3 aromatic carbocycles. The van der Waals surface area contributed by atoms with E-state index in [4.69, 9.17) is 25.9 Å². The molecule has 0 bridgehead atoms. The van der Waals surface area contributed by atoms with Crippen molar-refractivity contribution in [1.29, 1.82) is 0 Å². The molecule has 1 aliphatic rings. The second-order valence-electron chi connectivity index (χ2n) is 9.83. The van der Waals surface area contributed by atoms with Gasteiger partial charge in [-0.25, -0.2) is 9.78 Å². The fraction of sp³-hybridized carbons (Fsp3) is 0.200. The van der Waals surface area contributed by atoms with E-state index in [0.29, 0.717) is 35.2 Å². The highest BCUT2D eigenvalue weighted by Crippen LogP contribution is 2.30. The van der Waals surface area contributed by atoms with E-state index in [1.54, 1.807) is 60.5 Å². The van der Waals surface area contributed by atoms with E-state index >= 15 is 0 Å². The minimum Gasteiger partial charge on any atom is -0.494 e. The van der Waals surface area contributed by atoms with Gasteiger partial charge in [-0.15, -0.1) is 0 Å². The Balaban J connectivity index is 1.21. The maximum atomic E-state index is 13.8. The van der Waals surface area contributed by atoms with Gasteiger partial charge in [-0.05, 0) is 85.1 Å². The van der Waals surface area contributed by atoms with Gasteiger partial charge < -0.3 is 19.4 Å². The molecule has 13 heteroatoms. The monoisotopic (exact) mass is 599 g/mol. The molecular formula is C30H27N6O6S+. The summed E-state index contributed by atoms with van der Waals surface area (Å²) in [6, 6.07) is 20.5. The van der Waals surface area contributed by atoms with Gasteiger partial charge in [-0.3, -0.25) is 19.0 Å². The molecular weight excluding hydrogens is 572 g/mol. The van der Waals surface area contributed by atoms with E-state index < -0.39 is 23.5 Å². The van der Waals surface area contributed by atoms with Crippen LogP contribution in [0.2, 0.25) is 0 Å². The van der Waals surface area contributed by atoms with Gasteiger partial charge in [-0.1, -0.05) is 16.8 Å². The normalized spacial score (nSPS) is 15.0. The van der Waals surface area contributed by atoms with Crippen LogP contribution in [-0.4, -0.2) is 44.7 Å². The van der Waals surface area contributed by atoms with Crippen LogP contribution in [0.5, 0.6) is 5.75 Å². The Kier molecular flexibility index (Phi) is 7.47. The van der Waals surface area contributed by atoms with Crippen molar-refractivity contribution in [2.75, 3.05) is 16.8 Å². The molecule has 0 spiro atoms. The summed E-state index contributed by atoms with van der Waals surface area (Å²) in [5.74, 6) is 0.324. The van der Waals surface area contributed by atoms with Gasteiger partial charge in [0.25, 0.3) is 5.91 Å². The maximum Gasteiger partial charge on any atom is 0.431 e. The lowest BCUT2D eigenvalue weighted by Gasteiger charge is -2.21. The summed E-state index contributed by atoms with van der Waals surface area (Å²) in [5, 5.41) is 5.48. The number of amides is 2. The largest absolute Gasteiger partial charge is 0.494 e. The number of rotatable bonds is 9. The molecule has 1 aliphatic heterocycles. The fourth-order valence-electron chi connectivity index (χ4n) is 4.88. The maximum absolute atomic E-state index is 13.8.